The summed E-state index contributed by atoms with van der Waals surface area (Å²) in [6.45, 7) is 1.43. The molecule has 1 aliphatic heterocycles. The SMILES string of the molecule is N#Cc1nc(N2CCC(C(N)=O)CC2)ccc1Cl. The van der Waals surface area contributed by atoms with E-state index in [1.807, 2.05) is 11.0 Å². The van der Waals surface area contributed by atoms with Crippen LogP contribution in [-0.4, -0.2) is 24.0 Å². The molecule has 18 heavy (non-hydrogen) atoms. The minimum Gasteiger partial charge on any atom is -0.369 e. The Bertz CT molecular complexity index is 503. The zero-order valence-corrected chi connectivity index (χ0v) is 10.5. The number of aromatic nitrogens is 1. The normalized spacial score (nSPS) is 16.3. The van der Waals surface area contributed by atoms with Crippen molar-refractivity contribution in [2.45, 2.75) is 12.8 Å². The molecule has 0 radical (unpaired) electrons. The van der Waals surface area contributed by atoms with Crippen LogP contribution >= 0.6 is 11.6 Å². The molecule has 1 aromatic rings. The molecular formula is C12H13ClN4O. The monoisotopic (exact) mass is 264 g/mol. The van der Waals surface area contributed by atoms with Gasteiger partial charge in [-0.2, -0.15) is 5.26 Å². The number of piperidine rings is 1. The summed E-state index contributed by atoms with van der Waals surface area (Å²) < 4.78 is 0. The molecule has 1 fully saturated rings. The second kappa shape index (κ2) is 5.23. The van der Waals surface area contributed by atoms with Crippen molar-refractivity contribution in [1.82, 2.24) is 4.98 Å². The molecule has 1 aliphatic rings. The molecule has 1 saturated heterocycles. The number of hydrogen-bond acceptors (Lipinski definition) is 4. The van der Waals surface area contributed by atoms with Crippen LogP contribution in [0.4, 0.5) is 5.82 Å². The number of primary amides is 1. The predicted molar refractivity (Wildman–Crippen MR) is 68.1 cm³/mol. The molecular weight excluding hydrogens is 252 g/mol. The Morgan fingerprint density at radius 1 is 1.50 bits per heavy atom. The molecule has 0 spiro atoms. The molecule has 94 valence electrons. The third kappa shape index (κ3) is 2.54. The molecule has 1 amide bonds. The quantitative estimate of drug-likeness (QED) is 0.873. The first-order valence-corrected chi connectivity index (χ1v) is 6.10. The Kier molecular flexibility index (Phi) is 3.68. The van der Waals surface area contributed by atoms with E-state index in [1.54, 1.807) is 12.1 Å². The highest BCUT2D eigenvalue weighted by Gasteiger charge is 2.24. The van der Waals surface area contributed by atoms with Crippen LogP contribution in [0, 0.1) is 17.2 Å². The molecule has 0 aromatic carbocycles. The van der Waals surface area contributed by atoms with Crippen molar-refractivity contribution >= 4 is 23.3 Å². The summed E-state index contributed by atoms with van der Waals surface area (Å²) in [7, 11) is 0. The van der Waals surface area contributed by atoms with E-state index in [9.17, 15) is 4.79 Å². The van der Waals surface area contributed by atoms with Crippen LogP contribution < -0.4 is 10.6 Å². The largest absolute Gasteiger partial charge is 0.369 e. The van der Waals surface area contributed by atoms with E-state index in [2.05, 4.69) is 4.98 Å². The summed E-state index contributed by atoms with van der Waals surface area (Å²) in [4.78, 5) is 17.3. The second-order valence-electron chi connectivity index (χ2n) is 4.28. The maximum atomic E-state index is 11.1. The minimum absolute atomic E-state index is 0.0519. The number of anilines is 1. The number of rotatable bonds is 2. The summed E-state index contributed by atoms with van der Waals surface area (Å²) in [5.41, 5.74) is 5.51. The third-order valence-corrected chi connectivity index (χ3v) is 3.46. The van der Waals surface area contributed by atoms with E-state index >= 15 is 0 Å². The van der Waals surface area contributed by atoms with E-state index in [1.165, 1.54) is 0 Å². The van der Waals surface area contributed by atoms with Crippen LogP contribution in [0.25, 0.3) is 0 Å². The van der Waals surface area contributed by atoms with E-state index in [4.69, 9.17) is 22.6 Å². The van der Waals surface area contributed by atoms with Gasteiger partial charge in [-0.05, 0) is 25.0 Å². The Hall–Kier alpha value is -1.80. The molecule has 0 aliphatic carbocycles. The third-order valence-electron chi connectivity index (χ3n) is 3.16. The number of carbonyl (C=O) groups excluding carboxylic acids is 1. The van der Waals surface area contributed by atoms with Crippen LogP contribution in [0.3, 0.4) is 0 Å². The fourth-order valence-electron chi connectivity index (χ4n) is 2.08. The van der Waals surface area contributed by atoms with Crippen molar-refractivity contribution in [3.05, 3.63) is 22.8 Å². The van der Waals surface area contributed by atoms with Crippen molar-refractivity contribution < 1.29 is 4.79 Å². The highest BCUT2D eigenvalue weighted by Crippen LogP contribution is 2.24. The summed E-state index contributed by atoms with van der Waals surface area (Å²) in [6, 6.07) is 5.41. The zero-order chi connectivity index (χ0) is 13.1. The van der Waals surface area contributed by atoms with E-state index in [0.717, 1.165) is 18.7 Å². The van der Waals surface area contributed by atoms with Crippen LogP contribution in [0.1, 0.15) is 18.5 Å². The average molecular weight is 265 g/mol. The average Bonchev–Trinajstić information content (AvgIpc) is 2.39. The van der Waals surface area contributed by atoms with Gasteiger partial charge in [0.25, 0.3) is 0 Å². The van der Waals surface area contributed by atoms with Gasteiger partial charge in [0.1, 0.15) is 11.9 Å². The van der Waals surface area contributed by atoms with E-state index < -0.39 is 0 Å². The molecule has 2 N–H and O–H groups in total. The highest BCUT2D eigenvalue weighted by molar-refractivity contribution is 6.31. The summed E-state index contributed by atoms with van der Waals surface area (Å²) in [5, 5.41) is 9.23. The Labute approximate surface area is 110 Å². The van der Waals surface area contributed by atoms with Gasteiger partial charge < -0.3 is 10.6 Å². The number of carbonyl (C=O) groups is 1. The lowest BCUT2D eigenvalue weighted by Crippen LogP contribution is -2.38. The van der Waals surface area contributed by atoms with Crippen molar-refractivity contribution in [3.63, 3.8) is 0 Å². The fraction of sp³-hybridized carbons (Fsp3) is 0.417. The molecule has 0 unspecified atom stereocenters. The second-order valence-corrected chi connectivity index (χ2v) is 4.68. The van der Waals surface area contributed by atoms with Gasteiger partial charge in [-0.1, -0.05) is 11.6 Å². The standard InChI is InChI=1S/C12H13ClN4O/c13-9-1-2-11(16-10(9)7-14)17-5-3-8(4-6-17)12(15)18/h1-2,8H,3-6H2,(H2,15,18). The Balaban J connectivity index is 2.10. The fourth-order valence-corrected chi connectivity index (χ4v) is 2.23. The maximum absolute atomic E-state index is 11.1. The number of halogens is 1. The Morgan fingerprint density at radius 2 is 2.17 bits per heavy atom. The van der Waals surface area contributed by atoms with Crippen LogP contribution in [-0.2, 0) is 4.79 Å². The lowest BCUT2D eigenvalue weighted by Gasteiger charge is -2.31. The minimum atomic E-state index is -0.239. The van der Waals surface area contributed by atoms with Gasteiger partial charge >= 0.3 is 0 Å². The lowest BCUT2D eigenvalue weighted by molar-refractivity contribution is -0.122. The number of nitrogens with zero attached hydrogens (tertiary/aromatic N) is 3. The smallest absolute Gasteiger partial charge is 0.220 e. The van der Waals surface area contributed by atoms with Gasteiger partial charge in [-0.15, -0.1) is 0 Å². The first kappa shape index (κ1) is 12.7. The van der Waals surface area contributed by atoms with E-state index in [-0.39, 0.29) is 17.5 Å². The lowest BCUT2D eigenvalue weighted by atomic mass is 9.96. The maximum Gasteiger partial charge on any atom is 0.220 e. The van der Waals surface area contributed by atoms with Crippen LogP contribution in [0.2, 0.25) is 5.02 Å². The first-order chi connectivity index (χ1) is 8.61. The predicted octanol–water partition coefficient (Wildman–Crippen LogP) is 1.31. The van der Waals surface area contributed by atoms with Crippen molar-refractivity contribution in [2.24, 2.45) is 11.7 Å². The summed E-state index contributed by atoms with van der Waals surface area (Å²) >= 11 is 5.84. The number of pyridine rings is 1. The van der Waals surface area contributed by atoms with Gasteiger partial charge in [0.05, 0.1) is 5.02 Å². The number of amides is 1. The van der Waals surface area contributed by atoms with Gasteiger partial charge in [0, 0.05) is 19.0 Å². The van der Waals surface area contributed by atoms with E-state index in [0.29, 0.717) is 18.1 Å². The topological polar surface area (TPSA) is 83.0 Å². The molecule has 0 atom stereocenters. The first-order valence-electron chi connectivity index (χ1n) is 5.72. The molecule has 6 heteroatoms. The molecule has 0 saturated carbocycles. The van der Waals surface area contributed by atoms with Gasteiger partial charge in [0.2, 0.25) is 5.91 Å². The number of hydrogen-bond donors (Lipinski definition) is 1. The van der Waals surface area contributed by atoms with Gasteiger partial charge in [0.15, 0.2) is 5.69 Å². The summed E-state index contributed by atoms with van der Waals surface area (Å²) in [5.74, 6) is 0.430. The van der Waals surface area contributed by atoms with Crippen LogP contribution in [0.15, 0.2) is 12.1 Å². The van der Waals surface area contributed by atoms with Crippen molar-refractivity contribution in [1.29, 1.82) is 5.26 Å². The highest BCUT2D eigenvalue weighted by atomic mass is 35.5. The van der Waals surface area contributed by atoms with Crippen molar-refractivity contribution in [2.75, 3.05) is 18.0 Å². The Morgan fingerprint density at radius 3 is 2.72 bits per heavy atom. The van der Waals surface area contributed by atoms with Gasteiger partial charge in [-0.3, -0.25) is 4.79 Å². The molecule has 5 nitrogen and oxygen atoms in total. The van der Waals surface area contributed by atoms with Crippen LogP contribution in [0.5, 0.6) is 0 Å². The molecule has 2 heterocycles. The van der Waals surface area contributed by atoms with Crippen molar-refractivity contribution in [3.8, 4) is 6.07 Å². The van der Waals surface area contributed by atoms with Gasteiger partial charge in [-0.25, -0.2) is 4.98 Å². The molecule has 1 aromatic heterocycles. The number of nitriles is 1. The zero-order valence-electron chi connectivity index (χ0n) is 9.77. The molecule has 2 rings (SSSR count). The summed E-state index contributed by atoms with van der Waals surface area (Å²) in [6.07, 6.45) is 1.45. The molecule has 0 bridgehead atoms. The number of nitrogens with two attached hydrogens (primary N) is 1.